The highest BCUT2D eigenvalue weighted by Crippen LogP contribution is 2.28. The fraction of sp³-hybridized carbons (Fsp3) is 0.261. The average molecular weight is 452 g/mol. The van der Waals surface area contributed by atoms with Gasteiger partial charge in [-0.2, -0.15) is 0 Å². The Labute approximate surface area is 190 Å². The van der Waals surface area contributed by atoms with Crippen molar-refractivity contribution in [2.45, 2.75) is 30.3 Å². The van der Waals surface area contributed by atoms with E-state index >= 15 is 0 Å². The number of halogens is 1. The smallest absolute Gasteiger partial charge is 0.226 e. The monoisotopic (exact) mass is 451 g/mol. The molecule has 4 aromatic rings. The quantitative estimate of drug-likeness (QED) is 0.347. The Hall–Kier alpha value is -2.61. The Morgan fingerprint density at radius 3 is 2.65 bits per heavy atom. The summed E-state index contributed by atoms with van der Waals surface area (Å²) in [5.41, 5.74) is 2.79. The molecule has 0 atom stereocenters. The predicted molar refractivity (Wildman–Crippen MR) is 122 cm³/mol. The summed E-state index contributed by atoms with van der Waals surface area (Å²) in [4.78, 5) is 7.05. The van der Waals surface area contributed by atoms with Crippen molar-refractivity contribution >= 4 is 23.4 Å². The number of rotatable bonds is 7. The number of benzene rings is 2. The molecule has 0 amide bonds. The second-order valence-electron chi connectivity index (χ2n) is 7.50. The van der Waals surface area contributed by atoms with E-state index in [1.807, 2.05) is 42.5 Å². The van der Waals surface area contributed by atoms with E-state index < -0.39 is 0 Å². The predicted octanol–water partition coefficient (Wildman–Crippen LogP) is 5.46. The van der Waals surface area contributed by atoms with Crippen molar-refractivity contribution in [3.63, 3.8) is 0 Å². The van der Waals surface area contributed by atoms with Crippen molar-refractivity contribution in [2.24, 2.45) is 0 Å². The minimum Gasteiger partial charge on any atom is -0.444 e. The highest BCUT2D eigenvalue weighted by atomic mass is 35.5. The molecule has 0 N–H and O–H groups in total. The van der Waals surface area contributed by atoms with Crippen LogP contribution in [0, 0.1) is 0 Å². The molecular weight excluding hydrogens is 430 g/mol. The lowest BCUT2D eigenvalue weighted by molar-refractivity contribution is 0.319. The third-order valence-electron chi connectivity index (χ3n) is 5.25. The van der Waals surface area contributed by atoms with Gasteiger partial charge in [0.05, 0.1) is 12.2 Å². The number of oxazole rings is 1. The van der Waals surface area contributed by atoms with Crippen molar-refractivity contribution in [1.82, 2.24) is 24.6 Å². The van der Waals surface area contributed by atoms with Crippen molar-refractivity contribution in [1.29, 1.82) is 0 Å². The van der Waals surface area contributed by atoms with Gasteiger partial charge < -0.3 is 4.42 Å². The first-order valence-corrected chi connectivity index (χ1v) is 11.7. The maximum absolute atomic E-state index is 6.09. The molecule has 1 aliphatic heterocycles. The fourth-order valence-electron chi connectivity index (χ4n) is 3.74. The molecular formula is C23H22ClN5OS. The molecule has 0 aliphatic carbocycles. The molecule has 0 radical (unpaired) electrons. The van der Waals surface area contributed by atoms with Crippen LogP contribution in [0.4, 0.5) is 0 Å². The molecule has 1 saturated heterocycles. The first-order chi connectivity index (χ1) is 15.3. The molecule has 2 aromatic heterocycles. The van der Waals surface area contributed by atoms with Gasteiger partial charge in [0.2, 0.25) is 5.89 Å². The molecule has 31 heavy (non-hydrogen) atoms. The lowest BCUT2D eigenvalue weighted by Crippen LogP contribution is -2.21. The van der Waals surface area contributed by atoms with Crippen molar-refractivity contribution < 1.29 is 4.42 Å². The summed E-state index contributed by atoms with van der Waals surface area (Å²) in [6.45, 7) is 3.05. The zero-order valence-corrected chi connectivity index (χ0v) is 18.5. The molecule has 0 unspecified atom stereocenters. The van der Waals surface area contributed by atoms with E-state index in [0.29, 0.717) is 16.7 Å². The lowest BCUT2D eigenvalue weighted by Gasteiger charge is -2.15. The summed E-state index contributed by atoms with van der Waals surface area (Å²) in [5.74, 6) is 2.17. The Balaban J connectivity index is 1.36. The number of hydrogen-bond acceptors (Lipinski definition) is 6. The van der Waals surface area contributed by atoms with Gasteiger partial charge in [-0.3, -0.25) is 9.47 Å². The SMILES string of the molecule is Clc1cccc(-c2nc(CSc3nnc(CN4CCCC4)n3-c3ccccc3)co2)c1. The summed E-state index contributed by atoms with van der Waals surface area (Å²) in [7, 11) is 0. The molecule has 0 bridgehead atoms. The third-order valence-corrected chi connectivity index (χ3v) is 6.45. The van der Waals surface area contributed by atoms with E-state index in [2.05, 4.69) is 36.8 Å². The molecule has 8 heteroatoms. The molecule has 1 fully saturated rings. The summed E-state index contributed by atoms with van der Waals surface area (Å²) >= 11 is 7.69. The summed E-state index contributed by atoms with van der Waals surface area (Å²) in [6.07, 6.45) is 4.20. The maximum atomic E-state index is 6.09. The number of para-hydroxylation sites is 1. The minimum atomic E-state index is 0.567. The highest BCUT2D eigenvalue weighted by Gasteiger charge is 2.20. The van der Waals surface area contributed by atoms with Crippen LogP contribution in [0.3, 0.4) is 0 Å². The van der Waals surface area contributed by atoms with Gasteiger partial charge in [-0.05, 0) is 56.3 Å². The topological polar surface area (TPSA) is 60.0 Å². The molecule has 2 aromatic carbocycles. The van der Waals surface area contributed by atoms with Crippen LogP contribution in [0.1, 0.15) is 24.4 Å². The Morgan fingerprint density at radius 2 is 1.84 bits per heavy atom. The van der Waals surface area contributed by atoms with E-state index in [4.69, 9.17) is 16.0 Å². The van der Waals surface area contributed by atoms with E-state index in [-0.39, 0.29) is 0 Å². The van der Waals surface area contributed by atoms with Gasteiger partial charge >= 0.3 is 0 Å². The van der Waals surface area contributed by atoms with Crippen LogP contribution in [0.15, 0.2) is 70.4 Å². The van der Waals surface area contributed by atoms with Crippen LogP contribution in [0.25, 0.3) is 17.1 Å². The summed E-state index contributed by atoms with van der Waals surface area (Å²) in [6, 6.07) is 17.8. The zero-order valence-electron chi connectivity index (χ0n) is 16.9. The van der Waals surface area contributed by atoms with Crippen molar-refractivity contribution in [2.75, 3.05) is 13.1 Å². The molecule has 3 heterocycles. The molecule has 6 nitrogen and oxygen atoms in total. The second kappa shape index (κ2) is 9.26. The van der Waals surface area contributed by atoms with Gasteiger partial charge in [-0.15, -0.1) is 10.2 Å². The van der Waals surface area contributed by atoms with Gasteiger partial charge in [0.15, 0.2) is 11.0 Å². The van der Waals surface area contributed by atoms with Crippen LogP contribution in [-0.2, 0) is 12.3 Å². The van der Waals surface area contributed by atoms with Gasteiger partial charge in [0.25, 0.3) is 0 Å². The molecule has 0 spiro atoms. The number of nitrogens with zero attached hydrogens (tertiary/aromatic N) is 5. The first-order valence-electron chi connectivity index (χ1n) is 10.3. The Bertz CT molecular complexity index is 1150. The Morgan fingerprint density at radius 1 is 1.00 bits per heavy atom. The third kappa shape index (κ3) is 4.69. The van der Waals surface area contributed by atoms with Crippen LogP contribution in [-0.4, -0.2) is 37.7 Å². The normalized spacial score (nSPS) is 14.4. The van der Waals surface area contributed by atoms with E-state index in [1.165, 1.54) is 12.8 Å². The zero-order chi connectivity index (χ0) is 21.0. The van der Waals surface area contributed by atoms with Crippen LogP contribution in [0.5, 0.6) is 0 Å². The summed E-state index contributed by atoms with van der Waals surface area (Å²) in [5, 5.41) is 10.5. The summed E-state index contributed by atoms with van der Waals surface area (Å²) < 4.78 is 7.82. The van der Waals surface area contributed by atoms with E-state index in [0.717, 1.165) is 47.6 Å². The number of hydrogen-bond donors (Lipinski definition) is 0. The van der Waals surface area contributed by atoms with Gasteiger partial charge in [-0.25, -0.2) is 4.98 Å². The fourth-order valence-corrected chi connectivity index (χ4v) is 4.78. The molecule has 158 valence electrons. The largest absolute Gasteiger partial charge is 0.444 e. The minimum absolute atomic E-state index is 0.567. The number of aromatic nitrogens is 4. The van der Waals surface area contributed by atoms with Crippen LogP contribution >= 0.6 is 23.4 Å². The highest BCUT2D eigenvalue weighted by molar-refractivity contribution is 7.98. The van der Waals surface area contributed by atoms with E-state index in [9.17, 15) is 0 Å². The average Bonchev–Trinajstić information content (AvgIpc) is 3.55. The van der Waals surface area contributed by atoms with Crippen LogP contribution < -0.4 is 0 Å². The molecule has 1 aliphatic rings. The standard InChI is InChI=1S/C23H22ClN5OS/c24-18-8-6-7-17(13-18)22-25-19(15-30-22)16-31-23-27-26-21(14-28-11-4-5-12-28)29(23)20-9-2-1-3-10-20/h1-3,6-10,13,15H,4-5,11-12,14,16H2. The second-order valence-corrected chi connectivity index (χ2v) is 8.87. The Kier molecular flexibility index (Phi) is 6.06. The molecule has 0 saturated carbocycles. The number of likely N-dealkylation sites (tertiary alicyclic amines) is 1. The first kappa shape index (κ1) is 20.3. The van der Waals surface area contributed by atoms with Crippen molar-refractivity contribution in [3.8, 4) is 17.1 Å². The molecule has 5 rings (SSSR count). The lowest BCUT2D eigenvalue weighted by atomic mass is 10.2. The van der Waals surface area contributed by atoms with Gasteiger partial charge in [0, 0.05) is 22.0 Å². The van der Waals surface area contributed by atoms with E-state index in [1.54, 1.807) is 18.0 Å². The maximum Gasteiger partial charge on any atom is 0.226 e. The van der Waals surface area contributed by atoms with Gasteiger partial charge in [0.1, 0.15) is 6.26 Å². The van der Waals surface area contributed by atoms with Crippen molar-refractivity contribution in [3.05, 3.63) is 77.4 Å². The number of thioether (sulfide) groups is 1. The van der Waals surface area contributed by atoms with Crippen LogP contribution in [0.2, 0.25) is 5.02 Å². The van der Waals surface area contributed by atoms with Gasteiger partial charge in [-0.1, -0.05) is 47.6 Å².